The first kappa shape index (κ1) is 39.3. The number of para-hydroxylation sites is 2. The topological polar surface area (TPSA) is 188 Å². The highest BCUT2D eigenvalue weighted by molar-refractivity contribution is 5.83. The molecule has 0 unspecified atom stereocenters. The van der Waals surface area contributed by atoms with Crippen molar-refractivity contribution in [2.75, 3.05) is 29.6 Å². The Hall–Kier alpha value is -7.89. The van der Waals surface area contributed by atoms with E-state index in [0.29, 0.717) is 71.3 Å². The van der Waals surface area contributed by atoms with Crippen LogP contribution in [0.2, 0.25) is 0 Å². The van der Waals surface area contributed by atoms with Crippen LogP contribution in [0, 0.1) is 6.92 Å². The normalized spacial score (nSPS) is 11.9. The van der Waals surface area contributed by atoms with Gasteiger partial charge in [0.1, 0.15) is 34.4 Å². The van der Waals surface area contributed by atoms with Crippen LogP contribution < -0.4 is 15.5 Å². The number of imidazole rings is 2. The summed E-state index contributed by atoms with van der Waals surface area (Å²) in [6.45, 7) is 11.1. The molecule has 0 aliphatic carbocycles. The summed E-state index contributed by atoms with van der Waals surface area (Å²) in [5.41, 5.74) is 8.68. The second kappa shape index (κ2) is 15.9. The average molecular weight is 839 g/mol. The Bertz CT molecular complexity index is 3280. The van der Waals surface area contributed by atoms with Gasteiger partial charge in [-0.05, 0) is 71.0 Å². The monoisotopic (exact) mass is 838 g/mol. The van der Waals surface area contributed by atoms with Crippen molar-refractivity contribution in [1.29, 1.82) is 0 Å². The fraction of sp³-hybridized carbons (Fsp3) is 0.267. The van der Waals surface area contributed by atoms with Gasteiger partial charge in [-0.1, -0.05) is 24.3 Å². The van der Waals surface area contributed by atoms with E-state index in [1.807, 2.05) is 114 Å². The number of aromatic nitrogens is 15. The highest BCUT2D eigenvalue weighted by atomic mass is 15.3. The minimum Gasteiger partial charge on any atom is -0.365 e. The lowest BCUT2D eigenvalue weighted by atomic mass is 10.2. The van der Waals surface area contributed by atoms with Crippen LogP contribution in [-0.4, -0.2) is 99.4 Å². The molecule has 9 aromatic heterocycles. The standard InChI is InChI=1S/C45H46N18/c1-26(2)48-40-44-57-55-28(5)60(44)24-34(51-40)43-54-33-21-47-38(59(6)7)20-37(33)62(43)23-31-15-12-14-29(50-31)19-39-56-58-45-41(49-27(3)4)52-35(25-63(39)45)42-53-32-16-8-9-17-36(32)61(42)22-30-13-10-11-18-46-30/h8-18,20-21,24-27H,19,22-23H2,1-7H3,(H,48,51)(H,49,52). The maximum atomic E-state index is 5.21. The summed E-state index contributed by atoms with van der Waals surface area (Å²) >= 11 is 0. The molecule has 0 bridgehead atoms. The quantitative estimate of drug-likeness (QED) is 0.128. The summed E-state index contributed by atoms with van der Waals surface area (Å²) in [5, 5.41) is 25.1. The fourth-order valence-corrected chi connectivity index (χ4v) is 7.77. The molecule has 0 saturated heterocycles. The van der Waals surface area contributed by atoms with E-state index < -0.39 is 0 Å². The molecule has 18 nitrogen and oxygen atoms in total. The second-order valence-electron chi connectivity index (χ2n) is 16.4. The van der Waals surface area contributed by atoms with Gasteiger partial charge in [-0.3, -0.25) is 18.8 Å². The third kappa shape index (κ3) is 7.48. The van der Waals surface area contributed by atoms with Crippen LogP contribution in [0.25, 0.3) is 56.4 Å². The van der Waals surface area contributed by atoms with E-state index in [1.54, 1.807) is 6.20 Å². The SMILES string of the molecule is Cc1nnc2c(NC(C)C)nc(-c3nc4cnc(N(C)C)cc4n3Cc3cccc(Cc4nnc5c(NC(C)C)nc(-c6nc7ccccc7n6Cc6ccccn6)cn45)n3)cn12. The molecule has 0 saturated carbocycles. The summed E-state index contributed by atoms with van der Waals surface area (Å²) in [7, 11) is 3.95. The van der Waals surface area contributed by atoms with Crippen molar-refractivity contribution >= 4 is 50.8 Å². The number of fused-ring (bicyclic) bond motifs is 4. The number of hydrogen-bond acceptors (Lipinski definition) is 14. The lowest BCUT2D eigenvalue weighted by Gasteiger charge is -2.14. The lowest BCUT2D eigenvalue weighted by Crippen LogP contribution is -2.14. The average Bonchev–Trinajstić information content (AvgIpc) is 4.04. The van der Waals surface area contributed by atoms with Gasteiger partial charge in [0.25, 0.3) is 0 Å². The van der Waals surface area contributed by atoms with Crippen LogP contribution in [-0.2, 0) is 19.5 Å². The van der Waals surface area contributed by atoms with E-state index in [9.17, 15) is 0 Å². The summed E-state index contributed by atoms with van der Waals surface area (Å²) in [4.78, 5) is 36.9. The largest absolute Gasteiger partial charge is 0.365 e. The third-order valence-corrected chi connectivity index (χ3v) is 10.6. The number of anilines is 3. The molecule has 0 spiro atoms. The van der Waals surface area contributed by atoms with Crippen molar-refractivity contribution in [3.8, 4) is 23.0 Å². The van der Waals surface area contributed by atoms with Crippen LogP contribution in [0.1, 0.15) is 56.4 Å². The summed E-state index contributed by atoms with van der Waals surface area (Å²) in [6, 6.07) is 22.4. The first-order chi connectivity index (χ1) is 30.6. The maximum Gasteiger partial charge on any atom is 0.203 e. The van der Waals surface area contributed by atoms with Crippen LogP contribution in [0.3, 0.4) is 0 Å². The van der Waals surface area contributed by atoms with Gasteiger partial charge in [0.15, 0.2) is 23.3 Å². The second-order valence-corrected chi connectivity index (χ2v) is 16.4. The van der Waals surface area contributed by atoms with E-state index in [0.717, 1.165) is 50.8 Å². The molecule has 10 aromatic rings. The van der Waals surface area contributed by atoms with Gasteiger partial charge < -0.3 is 24.7 Å². The molecule has 0 aliphatic heterocycles. The van der Waals surface area contributed by atoms with Gasteiger partial charge in [0, 0.05) is 56.5 Å². The highest BCUT2D eigenvalue weighted by Gasteiger charge is 2.23. The van der Waals surface area contributed by atoms with Crippen LogP contribution in [0.5, 0.6) is 0 Å². The van der Waals surface area contributed by atoms with E-state index in [2.05, 4.69) is 78.8 Å². The highest BCUT2D eigenvalue weighted by Crippen LogP contribution is 2.30. The van der Waals surface area contributed by atoms with Gasteiger partial charge in [-0.2, -0.15) is 0 Å². The minimum absolute atomic E-state index is 0.0897. The molecule has 0 radical (unpaired) electrons. The molecule has 316 valence electrons. The Kier molecular flexibility index (Phi) is 9.88. The molecule has 0 atom stereocenters. The van der Waals surface area contributed by atoms with E-state index in [4.69, 9.17) is 30.0 Å². The number of pyridine rings is 3. The van der Waals surface area contributed by atoms with Crippen molar-refractivity contribution in [3.05, 3.63) is 120 Å². The summed E-state index contributed by atoms with van der Waals surface area (Å²) in [6.07, 6.45) is 7.93. The van der Waals surface area contributed by atoms with Crippen molar-refractivity contribution in [2.45, 2.75) is 66.2 Å². The number of nitrogens with one attached hydrogen (secondary N) is 2. The van der Waals surface area contributed by atoms with Gasteiger partial charge in [0.05, 0.1) is 53.6 Å². The van der Waals surface area contributed by atoms with E-state index >= 15 is 0 Å². The molecule has 10 rings (SSSR count). The van der Waals surface area contributed by atoms with Crippen molar-refractivity contribution in [2.24, 2.45) is 0 Å². The number of hydrogen-bond donors (Lipinski definition) is 2. The molecular formula is C45H46N18. The maximum absolute atomic E-state index is 5.21. The molecule has 0 fully saturated rings. The molecule has 1 aromatic carbocycles. The van der Waals surface area contributed by atoms with Crippen LogP contribution in [0.4, 0.5) is 17.5 Å². The zero-order valence-corrected chi connectivity index (χ0v) is 36.1. The molecule has 0 aliphatic rings. The molecular weight excluding hydrogens is 793 g/mol. The van der Waals surface area contributed by atoms with Crippen molar-refractivity contribution < 1.29 is 0 Å². The van der Waals surface area contributed by atoms with Gasteiger partial charge in [-0.15, -0.1) is 20.4 Å². The zero-order valence-electron chi connectivity index (χ0n) is 36.1. The molecule has 18 heteroatoms. The first-order valence-electron chi connectivity index (χ1n) is 20.9. The summed E-state index contributed by atoms with van der Waals surface area (Å²) in [5.74, 6) is 4.89. The molecule has 0 amide bonds. The predicted octanol–water partition coefficient (Wildman–Crippen LogP) is 6.48. The van der Waals surface area contributed by atoms with Gasteiger partial charge >= 0.3 is 0 Å². The molecule has 63 heavy (non-hydrogen) atoms. The molecule has 2 N–H and O–H groups in total. The Morgan fingerprint density at radius 2 is 1.24 bits per heavy atom. The smallest absolute Gasteiger partial charge is 0.203 e. The van der Waals surface area contributed by atoms with Crippen LogP contribution >= 0.6 is 0 Å². The van der Waals surface area contributed by atoms with Gasteiger partial charge in [0.2, 0.25) is 11.3 Å². The Morgan fingerprint density at radius 1 is 0.603 bits per heavy atom. The zero-order chi connectivity index (χ0) is 43.4. The third-order valence-electron chi connectivity index (χ3n) is 10.6. The lowest BCUT2D eigenvalue weighted by molar-refractivity contribution is 0.787. The number of benzene rings is 1. The fourth-order valence-electron chi connectivity index (χ4n) is 7.77. The Morgan fingerprint density at radius 3 is 1.97 bits per heavy atom. The van der Waals surface area contributed by atoms with Crippen molar-refractivity contribution in [1.82, 2.24) is 73.2 Å². The van der Waals surface area contributed by atoms with Crippen LogP contribution in [0.15, 0.2) is 91.5 Å². The number of rotatable bonds is 13. The minimum atomic E-state index is 0.0897. The van der Waals surface area contributed by atoms with E-state index in [-0.39, 0.29) is 12.1 Å². The Balaban J connectivity index is 1.05. The number of aryl methyl sites for hydroxylation is 1. The van der Waals surface area contributed by atoms with Gasteiger partial charge in [-0.25, -0.2) is 24.9 Å². The first-order valence-corrected chi connectivity index (χ1v) is 20.9. The summed E-state index contributed by atoms with van der Waals surface area (Å²) < 4.78 is 8.25. The predicted molar refractivity (Wildman–Crippen MR) is 243 cm³/mol. The molecule has 9 heterocycles. The number of nitrogens with zero attached hydrogens (tertiary/aromatic N) is 16. The van der Waals surface area contributed by atoms with E-state index in [1.165, 1.54) is 0 Å². The Labute approximate surface area is 362 Å². The van der Waals surface area contributed by atoms with Crippen molar-refractivity contribution in [3.63, 3.8) is 0 Å².